The summed E-state index contributed by atoms with van der Waals surface area (Å²) >= 11 is 0. The summed E-state index contributed by atoms with van der Waals surface area (Å²) in [5.41, 5.74) is 5.25. The summed E-state index contributed by atoms with van der Waals surface area (Å²) in [6.45, 7) is 0. The first-order chi connectivity index (χ1) is 5.47. The van der Waals surface area contributed by atoms with Gasteiger partial charge >= 0.3 is 0 Å². The average molecular weight is 188 g/mol. The molecule has 5 heteroatoms. The van der Waals surface area contributed by atoms with Crippen LogP contribution >= 0.6 is 0 Å². The largest absolute Gasteiger partial charge is 0.324 e. The van der Waals surface area contributed by atoms with Crippen LogP contribution in [0.15, 0.2) is 0 Å². The van der Waals surface area contributed by atoms with Crippen molar-refractivity contribution in [1.29, 1.82) is 5.26 Å². The Bertz CT molecular complexity index is 288. The van der Waals surface area contributed by atoms with Crippen LogP contribution in [0.1, 0.15) is 19.3 Å². The van der Waals surface area contributed by atoms with Gasteiger partial charge in [0.25, 0.3) is 0 Å². The molecule has 0 amide bonds. The normalized spacial score (nSPS) is 26.0. The standard InChI is InChI=1S/C7H12N2O2S/c8-4-1-7(9)2-5-12(10,11)6-3-7/h1-3,5-6,9H2. The lowest BCUT2D eigenvalue weighted by Gasteiger charge is -2.30. The molecule has 0 radical (unpaired) electrons. The molecular formula is C7H12N2O2S. The molecule has 0 saturated carbocycles. The summed E-state index contributed by atoms with van der Waals surface area (Å²) in [7, 11) is -2.86. The maximum Gasteiger partial charge on any atom is 0.150 e. The molecule has 0 atom stereocenters. The second-order valence-corrected chi connectivity index (χ2v) is 5.65. The van der Waals surface area contributed by atoms with Crippen molar-refractivity contribution in [2.75, 3.05) is 11.5 Å². The van der Waals surface area contributed by atoms with Crippen molar-refractivity contribution in [1.82, 2.24) is 0 Å². The minimum atomic E-state index is -2.86. The van der Waals surface area contributed by atoms with Gasteiger partial charge in [-0.1, -0.05) is 0 Å². The summed E-state index contributed by atoms with van der Waals surface area (Å²) < 4.78 is 22.0. The molecule has 4 nitrogen and oxygen atoms in total. The molecule has 0 aromatic carbocycles. The van der Waals surface area contributed by atoms with Gasteiger partial charge in [-0.15, -0.1) is 0 Å². The fraction of sp³-hybridized carbons (Fsp3) is 0.857. The van der Waals surface area contributed by atoms with E-state index in [0.29, 0.717) is 12.8 Å². The molecule has 0 bridgehead atoms. The molecule has 12 heavy (non-hydrogen) atoms. The lowest BCUT2D eigenvalue weighted by Crippen LogP contribution is -2.46. The molecule has 0 aromatic rings. The van der Waals surface area contributed by atoms with Gasteiger partial charge in [0.1, 0.15) is 9.84 Å². The summed E-state index contributed by atoms with van der Waals surface area (Å²) in [6.07, 6.45) is 1.09. The summed E-state index contributed by atoms with van der Waals surface area (Å²) in [5.74, 6) is 0.260. The molecule has 0 aromatic heterocycles. The predicted molar refractivity (Wildman–Crippen MR) is 45.0 cm³/mol. The van der Waals surface area contributed by atoms with E-state index in [1.165, 1.54) is 0 Å². The number of rotatable bonds is 1. The third-order valence-corrected chi connectivity index (χ3v) is 3.91. The van der Waals surface area contributed by atoms with Crippen LogP contribution in [0.3, 0.4) is 0 Å². The van der Waals surface area contributed by atoms with E-state index in [4.69, 9.17) is 11.0 Å². The van der Waals surface area contributed by atoms with Gasteiger partial charge in [0.15, 0.2) is 0 Å². The molecule has 2 N–H and O–H groups in total. The molecule has 0 spiro atoms. The molecule has 1 saturated heterocycles. The Hall–Kier alpha value is -0.600. The van der Waals surface area contributed by atoms with Crippen molar-refractivity contribution in [3.05, 3.63) is 0 Å². The predicted octanol–water partition coefficient (Wildman–Crippen LogP) is -0.194. The van der Waals surface area contributed by atoms with E-state index in [0.717, 1.165) is 0 Å². The van der Waals surface area contributed by atoms with Crippen molar-refractivity contribution in [2.45, 2.75) is 24.8 Å². The minimum absolute atomic E-state index is 0.130. The van der Waals surface area contributed by atoms with Gasteiger partial charge in [0.05, 0.1) is 24.0 Å². The highest BCUT2D eigenvalue weighted by molar-refractivity contribution is 7.91. The van der Waals surface area contributed by atoms with Crippen LogP contribution in [0.5, 0.6) is 0 Å². The highest BCUT2D eigenvalue weighted by Gasteiger charge is 2.33. The van der Waals surface area contributed by atoms with Crippen molar-refractivity contribution < 1.29 is 8.42 Å². The fourth-order valence-electron chi connectivity index (χ4n) is 1.28. The Labute approximate surface area is 72.3 Å². The maximum absolute atomic E-state index is 11.0. The third kappa shape index (κ3) is 2.19. The zero-order valence-corrected chi connectivity index (χ0v) is 7.60. The van der Waals surface area contributed by atoms with Gasteiger partial charge < -0.3 is 5.73 Å². The molecule has 1 heterocycles. The highest BCUT2D eigenvalue weighted by Crippen LogP contribution is 2.23. The first-order valence-electron chi connectivity index (χ1n) is 3.84. The zero-order chi connectivity index (χ0) is 9.24. The van der Waals surface area contributed by atoms with E-state index < -0.39 is 15.4 Å². The van der Waals surface area contributed by atoms with Gasteiger partial charge in [-0.05, 0) is 12.8 Å². The van der Waals surface area contributed by atoms with Crippen LogP contribution in [0, 0.1) is 11.3 Å². The van der Waals surface area contributed by atoms with E-state index in [1.54, 1.807) is 0 Å². The first kappa shape index (κ1) is 9.49. The Morgan fingerprint density at radius 3 is 2.33 bits per heavy atom. The lowest BCUT2D eigenvalue weighted by molar-refractivity contribution is 0.389. The Morgan fingerprint density at radius 2 is 1.92 bits per heavy atom. The first-order valence-corrected chi connectivity index (χ1v) is 5.66. The second-order valence-electron chi connectivity index (χ2n) is 3.35. The van der Waals surface area contributed by atoms with Gasteiger partial charge in [-0.25, -0.2) is 8.42 Å². The van der Waals surface area contributed by atoms with E-state index in [-0.39, 0.29) is 17.9 Å². The number of nitrogens with two attached hydrogens (primary N) is 1. The van der Waals surface area contributed by atoms with E-state index in [9.17, 15) is 8.42 Å². The van der Waals surface area contributed by atoms with Crippen LogP contribution in [0.4, 0.5) is 0 Å². The molecule has 0 aliphatic carbocycles. The third-order valence-electron chi connectivity index (χ3n) is 2.25. The van der Waals surface area contributed by atoms with Crippen molar-refractivity contribution in [2.24, 2.45) is 5.73 Å². The maximum atomic E-state index is 11.0. The number of hydrogen-bond donors (Lipinski definition) is 1. The molecule has 68 valence electrons. The smallest absolute Gasteiger partial charge is 0.150 e. The molecule has 1 aliphatic heterocycles. The summed E-state index contributed by atoms with van der Waals surface area (Å²) in [6, 6.07) is 1.99. The average Bonchev–Trinajstić information content (AvgIpc) is 1.98. The van der Waals surface area contributed by atoms with Crippen molar-refractivity contribution in [3.63, 3.8) is 0 Å². The van der Waals surface area contributed by atoms with E-state index in [2.05, 4.69) is 0 Å². The Morgan fingerprint density at radius 1 is 1.42 bits per heavy atom. The van der Waals surface area contributed by atoms with Crippen LogP contribution < -0.4 is 5.73 Å². The quantitative estimate of drug-likeness (QED) is 0.618. The van der Waals surface area contributed by atoms with Gasteiger partial charge in [0.2, 0.25) is 0 Å². The zero-order valence-electron chi connectivity index (χ0n) is 6.78. The molecule has 0 unspecified atom stereocenters. The van der Waals surface area contributed by atoms with Crippen LogP contribution in [-0.4, -0.2) is 25.5 Å². The second kappa shape index (κ2) is 3.04. The SMILES string of the molecule is N#CCC1(N)CCS(=O)(=O)CC1. The van der Waals surface area contributed by atoms with Crippen LogP contribution in [0.2, 0.25) is 0 Å². The Kier molecular flexibility index (Phi) is 2.40. The number of hydrogen-bond acceptors (Lipinski definition) is 4. The highest BCUT2D eigenvalue weighted by atomic mass is 32.2. The minimum Gasteiger partial charge on any atom is -0.324 e. The Balaban J connectivity index is 2.63. The molecule has 1 rings (SSSR count). The fourth-order valence-corrected chi connectivity index (χ4v) is 2.92. The van der Waals surface area contributed by atoms with E-state index in [1.807, 2.05) is 6.07 Å². The summed E-state index contributed by atoms with van der Waals surface area (Å²) in [5, 5.41) is 8.43. The monoisotopic (exact) mass is 188 g/mol. The molecule has 1 fully saturated rings. The number of nitriles is 1. The number of nitrogens with zero attached hydrogens (tertiary/aromatic N) is 1. The van der Waals surface area contributed by atoms with Gasteiger partial charge in [-0.3, -0.25) is 0 Å². The van der Waals surface area contributed by atoms with Crippen LogP contribution in [0.25, 0.3) is 0 Å². The van der Waals surface area contributed by atoms with E-state index >= 15 is 0 Å². The van der Waals surface area contributed by atoms with Gasteiger partial charge in [-0.2, -0.15) is 5.26 Å². The lowest BCUT2D eigenvalue weighted by atomic mass is 9.91. The van der Waals surface area contributed by atoms with Gasteiger partial charge in [0, 0.05) is 5.54 Å². The number of sulfone groups is 1. The topological polar surface area (TPSA) is 83.9 Å². The molecular weight excluding hydrogens is 176 g/mol. The molecule has 1 aliphatic rings. The van der Waals surface area contributed by atoms with Crippen LogP contribution in [-0.2, 0) is 9.84 Å². The van der Waals surface area contributed by atoms with Crippen molar-refractivity contribution in [3.8, 4) is 6.07 Å². The summed E-state index contributed by atoms with van der Waals surface area (Å²) in [4.78, 5) is 0. The van der Waals surface area contributed by atoms with Crippen molar-refractivity contribution >= 4 is 9.84 Å².